The van der Waals surface area contributed by atoms with Crippen LogP contribution in [-0.2, 0) is 6.42 Å². The van der Waals surface area contributed by atoms with Crippen LogP contribution >= 0.6 is 0 Å². The summed E-state index contributed by atoms with van der Waals surface area (Å²) >= 11 is 0. The van der Waals surface area contributed by atoms with Crippen molar-refractivity contribution >= 4 is 11.6 Å². The van der Waals surface area contributed by atoms with E-state index in [0.29, 0.717) is 12.0 Å². The standard InChI is InChI=1S/C17H19FN2O/c1-12(11-13-7-9-14(18)10-8-13)20-17(21)15-5-3-4-6-16(15)19-2/h3-10,12,19H,11H2,1-2H3,(H,20,21). The van der Waals surface area contributed by atoms with Crippen molar-refractivity contribution in [2.24, 2.45) is 0 Å². The van der Waals surface area contributed by atoms with Crippen LogP contribution in [0, 0.1) is 5.82 Å². The first-order valence-corrected chi connectivity index (χ1v) is 6.92. The van der Waals surface area contributed by atoms with E-state index in [2.05, 4.69) is 10.6 Å². The van der Waals surface area contributed by atoms with Gasteiger partial charge in [0, 0.05) is 18.8 Å². The van der Waals surface area contributed by atoms with Gasteiger partial charge >= 0.3 is 0 Å². The third-order valence-electron chi connectivity index (χ3n) is 3.27. The Hall–Kier alpha value is -2.36. The van der Waals surface area contributed by atoms with Crippen LogP contribution in [0.4, 0.5) is 10.1 Å². The lowest BCUT2D eigenvalue weighted by Crippen LogP contribution is -2.34. The van der Waals surface area contributed by atoms with E-state index in [0.717, 1.165) is 11.3 Å². The molecule has 0 saturated carbocycles. The second kappa shape index (κ2) is 6.88. The van der Waals surface area contributed by atoms with E-state index in [9.17, 15) is 9.18 Å². The Bertz CT molecular complexity index is 610. The highest BCUT2D eigenvalue weighted by Crippen LogP contribution is 2.14. The number of carbonyl (C=O) groups is 1. The van der Waals surface area contributed by atoms with Crippen molar-refractivity contribution in [2.75, 3.05) is 12.4 Å². The minimum Gasteiger partial charge on any atom is -0.387 e. The molecule has 4 heteroatoms. The van der Waals surface area contributed by atoms with Crippen molar-refractivity contribution in [3.05, 3.63) is 65.5 Å². The van der Waals surface area contributed by atoms with Gasteiger partial charge in [0.1, 0.15) is 5.82 Å². The number of halogens is 1. The van der Waals surface area contributed by atoms with Crippen molar-refractivity contribution in [2.45, 2.75) is 19.4 Å². The number of anilines is 1. The summed E-state index contributed by atoms with van der Waals surface area (Å²) in [6.07, 6.45) is 0.660. The summed E-state index contributed by atoms with van der Waals surface area (Å²) in [5.74, 6) is -0.368. The van der Waals surface area contributed by atoms with Crippen LogP contribution in [0.5, 0.6) is 0 Å². The van der Waals surface area contributed by atoms with Crippen molar-refractivity contribution in [1.29, 1.82) is 0 Å². The maximum Gasteiger partial charge on any atom is 0.253 e. The molecule has 0 aliphatic heterocycles. The molecule has 1 unspecified atom stereocenters. The average molecular weight is 286 g/mol. The molecule has 0 fully saturated rings. The zero-order valence-corrected chi connectivity index (χ0v) is 12.2. The van der Waals surface area contributed by atoms with Gasteiger partial charge in [-0.15, -0.1) is 0 Å². The molecule has 2 N–H and O–H groups in total. The molecule has 0 bridgehead atoms. The lowest BCUT2D eigenvalue weighted by Gasteiger charge is -2.15. The van der Waals surface area contributed by atoms with Crippen LogP contribution in [0.1, 0.15) is 22.8 Å². The topological polar surface area (TPSA) is 41.1 Å². The zero-order valence-electron chi connectivity index (χ0n) is 12.2. The predicted molar refractivity (Wildman–Crippen MR) is 83.0 cm³/mol. The van der Waals surface area contributed by atoms with Gasteiger partial charge in [-0.3, -0.25) is 4.79 Å². The molecule has 1 amide bonds. The van der Waals surface area contributed by atoms with E-state index in [4.69, 9.17) is 0 Å². The summed E-state index contributed by atoms with van der Waals surface area (Å²) in [5, 5.41) is 5.96. The SMILES string of the molecule is CNc1ccccc1C(=O)NC(C)Cc1ccc(F)cc1. The van der Waals surface area contributed by atoms with Gasteiger partial charge in [-0.2, -0.15) is 0 Å². The first-order chi connectivity index (χ1) is 10.1. The van der Waals surface area contributed by atoms with Crippen LogP contribution < -0.4 is 10.6 Å². The van der Waals surface area contributed by atoms with Gasteiger partial charge in [0.25, 0.3) is 5.91 Å². The fourth-order valence-electron chi connectivity index (χ4n) is 2.23. The van der Waals surface area contributed by atoms with Crippen LogP contribution in [0.3, 0.4) is 0 Å². The lowest BCUT2D eigenvalue weighted by atomic mass is 10.1. The first kappa shape index (κ1) is 15.0. The number of para-hydroxylation sites is 1. The van der Waals surface area contributed by atoms with Gasteiger partial charge in [-0.25, -0.2) is 4.39 Å². The molecule has 0 heterocycles. The third-order valence-corrected chi connectivity index (χ3v) is 3.27. The highest BCUT2D eigenvalue weighted by molar-refractivity contribution is 5.99. The Morgan fingerprint density at radius 1 is 1.14 bits per heavy atom. The number of nitrogens with one attached hydrogen (secondary N) is 2. The monoisotopic (exact) mass is 286 g/mol. The summed E-state index contributed by atoms with van der Waals surface area (Å²) in [6, 6.07) is 13.7. The van der Waals surface area contributed by atoms with E-state index in [1.807, 2.05) is 25.1 Å². The van der Waals surface area contributed by atoms with Gasteiger partial charge < -0.3 is 10.6 Å². The molecule has 2 aromatic rings. The third kappa shape index (κ3) is 4.05. The Kier molecular flexibility index (Phi) is 4.93. The molecule has 0 spiro atoms. The van der Waals surface area contributed by atoms with Gasteiger partial charge in [-0.05, 0) is 43.2 Å². The fraction of sp³-hybridized carbons (Fsp3) is 0.235. The zero-order chi connectivity index (χ0) is 15.2. The fourth-order valence-corrected chi connectivity index (χ4v) is 2.23. The molecule has 1 atom stereocenters. The Balaban J connectivity index is 2.00. The smallest absolute Gasteiger partial charge is 0.253 e. The Morgan fingerprint density at radius 2 is 1.81 bits per heavy atom. The largest absolute Gasteiger partial charge is 0.387 e. The maximum absolute atomic E-state index is 12.9. The van der Waals surface area contributed by atoms with Gasteiger partial charge in [0.05, 0.1) is 5.56 Å². The van der Waals surface area contributed by atoms with E-state index in [1.165, 1.54) is 12.1 Å². The Labute approximate surface area is 124 Å². The molecule has 0 aliphatic rings. The Morgan fingerprint density at radius 3 is 2.48 bits per heavy atom. The van der Waals surface area contributed by atoms with Crippen molar-refractivity contribution in [3.63, 3.8) is 0 Å². The maximum atomic E-state index is 12.9. The van der Waals surface area contributed by atoms with E-state index in [-0.39, 0.29) is 17.8 Å². The molecule has 0 radical (unpaired) electrons. The number of carbonyl (C=O) groups excluding carboxylic acids is 1. The van der Waals surface area contributed by atoms with E-state index < -0.39 is 0 Å². The molecule has 0 aliphatic carbocycles. The minimum atomic E-state index is -0.251. The molecule has 110 valence electrons. The van der Waals surface area contributed by atoms with E-state index in [1.54, 1.807) is 25.2 Å². The number of benzene rings is 2. The molecule has 21 heavy (non-hydrogen) atoms. The van der Waals surface area contributed by atoms with Crippen molar-refractivity contribution in [3.8, 4) is 0 Å². The second-order valence-corrected chi connectivity index (χ2v) is 5.00. The van der Waals surface area contributed by atoms with Crippen molar-refractivity contribution in [1.82, 2.24) is 5.32 Å². The highest BCUT2D eigenvalue weighted by atomic mass is 19.1. The normalized spacial score (nSPS) is 11.8. The predicted octanol–water partition coefficient (Wildman–Crippen LogP) is 3.23. The second-order valence-electron chi connectivity index (χ2n) is 5.00. The summed E-state index contributed by atoms with van der Waals surface area (Å²) in [4.78, 5) is 12.3. The quantitative estimate of drug-likeness (QED) is 0.886. The van der Waals surface area contributed by atoms with Crippen LogP contribution in [0.25, 0.3) is 0 Å². The number of amides is 1. The number of hydrogen-bond acceptors (Lipinski definition) is 2. The van der Waals surface area contributed by atoms with Crippen LogP contribution in [0.2, 0.25) is 0 Å². The van der Waals surface area contributed by atoms with Gasteiger partial charge in [0.15, 0.2) is 0 Å². The molecular formula is C17H19FN2O. The molecule has 2 aromatic carbocycles. The van der Waals surface area contributed by atoms with E-state index >= 15 is 0 Å². The van der Waals surface area contributed by atoms with Crippen LogP contribution in [0.15, 0.2) is 48.5 Å². The molecule has 2 rings (SSSR count). The summed E-state index contributed by atoms with van der Waals surface area (Å²) in [6.45, 7) is 1.93. The first-order valence-electron chi connectivity index (χ1n) is 6.92. The summed E-state index contributed by atoms with van der Waals surface area (Å²) in [7, 11) is 1.79. The molecular weight excluding hydrogens is 267 g/mol. The number of hydrogen-bond donors (Lipinski definition) is 2. The van der Waals surface area contributed by atoms with Crippen LogP contribution in [-0.4, -0.2) is 19.0 Å². The average Bonchev–Trinajstić information content (AvgIpc) is 2.49. The van der Waals surface area contributed by atoms with Crippen molar-refractivity contribution < 1.29 is 9.18 Å². The minimum absolute atomic E-state index is 0.0344. The number of rotatable bonds is 5. The summed E-state index contributed by atoms with van der Waals surface area (Å²) in [5.41, 5.74) is 2.40. The summed E-state index contributed by atoms with van der Waals surface area (Å²) < 4.78 is 12.9. The molecule has 0 aromatic heterocycles. The highest BCUT2D eigenvalue weighted by Gasteiger charge is 2.13. The van der Waals surface area contributed by atoms with Gasteiger partial charge in [-0.1, -0.05) is 24.3 Å². The van der Waals surface area contributed by atoms with Gasteiger partial charge in [0.2, 0.25) is 0 Å². The lowest BCUT2D eigenvalue weighted by molar-refractivity contribution is 0.0941. The molecule has 3 nitrogen and oxygen atoms in total. The molecule has 0 saturated heterocycles.